The number of likely N-dealkylation sites (N-methyl/N-ethyl adjacent to an activating group) is 1. The zero-order valence-corrected chi connectivity index (χ0v) is 14.1. The molecule has 1 atom stereocenters. The highest BCUT2D eigenvalue weighted by atomic mass is 16.2. The minimum absolute atomic E-state index is 0.0208. The Morgan fingerprint density at radius 1 is 1.14 bits per heavy atom. The van der Waals surface area contributed by atoms with Crippen LogP contribution in [0.15, 0.2) is 0 Å². The molecule has 0 aromatic carbocycles. The molecule has 0 N–H and O–H groups in total. The maximum atomic E-state index is 12.8. The lowest BCUT2D eigenvalue weighted by molar-refractivity contribution is -0.135. The molecular formula is C16H29N3O2. The lowest BCUT2D eigenvalue weighted by Crippen LogP contribution is -2.56. The zero-order chi connectivity index (χ0) is 15.8. The lowest BCUT2D eigenvalue weighted by atomic mass is 9.85. The molecule has 0 aromatic heterocycles. The van der Waals surface area contributed by atoms with Crippen LogP contribution in [0.25, 0.3) is 0 Å². The van der Waals surface area contributed by atoms with E-state index in [1.807, 2.05) is 13.8 Å². The second-order valence-corrected chi connectivity index (χ2v) is 6.98. The van der Waals surface area contributed by atoms with E-state index in [-0.39, 0.29) is 11.9 Å². The molecule has 1 spiro atoms. The molecule has 0 unspecified atom stereocenters. The minimum Gasteiger partial charge on any atom is -0.312 e. The molecular weight excluding hydrogens is 266 g/mol. The largest absolute Gasteiger partial charge is 0.327 e. The van der Waals surface area contributed by atoms with E-state index in [0.717, 1.165) is 32.4 Å². The van der Waals surface area contributed by atoms with E-state index in [1.165, 1.54) is 4.90 Å². The van der Waals surface area contributed by atoms with E-state index in [1.54, 1.807) is 11.9 Å². The first-order valence-electron chi connectivity index (χ1n) is 8.17. The Morgan fingerprint density at radius 2 is 1.71 bits per heavy atom. The van der Waals surface area contributed by atoms with Crippen LogP contribution in [-0.4, -0.2) is 64.9 Å². The second-order valence-electron chi connectivity index (χ2n) is 6.98. The highest BCUT2D eigenvalue weighted by Crippen LogP contribution is 2.37. The monoisotopic (exact) mass is 295 g/mol. The Hall–Kier alpha value is -1.10. The van der Waals surface area contributed by atoms with Gasteiger partial charge >= 0.3 is 6.03 Å². The number of likely N-dealkylation sites (tertiary alicyclic amines) is 1. The van der Waals surface area contributed by atoms with Crippen LogP contribution in [0.4, 0.5) is 4.79 Å². The average molecular weight is 295 g/mol. The number of rotatable bonds is 4. The molecule has 5 heteroatoms. The van der Waals surface area contributed by atoms with Gasteiger partial charge in [0.25, 0.3) is 5.91 Å². The van der Waals surface area contributed by atoms with Gasteiger partial charge in [-0.3, -0.25) is 9.69 Å². The molecule has 21 heavy (non-hydrogen) atoms. The first-order valence-corrected chi connectivity index (χ1v) is 8.17. The molecule has 0 radical (unpaired) electrons. The quantitative estimate of drug-likeness (QED) is 0.747. The molecule has 2 aliphatic rings. The van der Waals surface area contributed by atoms with Crippen LogP contribution >= 0.6 is 0 Å². The number of nitrogens with zero attached hydrogens (tertiary/aromatic N) is 3. The minimum atomic E-state index is -0.587. The molecule has 2 rings (SSSR count). The fourth-order valence-electron chi connectivity index (χ4n) is 3.51. The molecule has 5 nitrogen and oxygen atoms in total. The van der Waals surface area contributed by atoms with Gasteiger partial charge in [-0.2, -0.15) is 0 Å². The predicted octanol–water partition coefficient (Wildman–Crippen LogP) is 2.17. The van der Waals surface area contributed by atoms with Crippen LogP contribution in [0, 0.1) is 5.92 Å². The Kier molecular flexibility index (Phi) is 4.61. The molecule has 0 aliphatic carbocycles. The number of hydrogen-bond donors (Lipinski definition) is 0. The van der Waals surface area contributed by atoms with Crippen LogP contribution < -0.4 is 0 Å². The molecule has 0 bridgehead atoms. The van der Waals surface area contributed by atoms with Crippen molar-refractivity contribution in [3.63, 3.8) is 0 Å². The summed E-state index contributed by atoms with van der Waals surface area (Å²) in [6.07, 6.45) is 2.63. The third-order valence-electron chi connectivity index (χ3n) is 5.19. The van der Waals surface area contributed by atoms with Gasteiger partial charge in [0, 0.05) is 32.7 Å². The van der Waals surface area contributed by atoms with Crippen molar-refractivity contribution in [1.29, 1.82) is 0 Å². The average Bonchev–Trinajstić information content (AvgIpc) is 2.63. The smallest absolute Gasteiger partial charge is 0.312 e. The van der Waals surface area contributed by atoms with Crippen LogP contribution in [0.5, 0.6) is 0 Å². The van der Waals surface area contributed by atoms with Gasteiger partial charge < -0.3 is 9.80 Å². The summed E-state index contributed by atoms with van der Waals surface area (Å²) in [5, 5.41) is 0. The Morgan fingerprint density at radius 3 is 2.19 bits per heavy atom. The summed E-state index contributed by atoms with van der Waals surface area (Å²) < 4.78 is 0. The fraction of sp³-hybridized carbons (Fsp3) is 0.875. The Balaban J connectivity index is 2.13. The summed E-state index contributed by atoms with van der Waals surface area (Å²) >= 11 is 0. The van der Waals surface area contributed by atoms with Crippen molar-refractivity contribution in [3.05, 3.63) is 0 Å². The summed E-state index contributed by atoms with van der Waals surface area (Å²) in [6.45, 7) is 10.8. The second kappa shape index (κ2) is 5.95. The number of carbonyl (C=O) groups excluding carboxylic acids is 2. The van der Waals surface area contributed by atoms with Gasteiger partial charge in [0.15, 0.2) is 0 Å². The van der Waals surface area contributed by atoms with Crippen LogP contribution in [0.2, 0.25) is 0 Å². The molecule has 120 valence electrons. The van der Waals surface area contributed by atoms with Crippen molar-refractivity contribution in [3.8, 4) is 0 Å². The summed E-state index contributed by atoms with van der Waals surface area (Å²) in [5.41, 5.74) is -0.587. The number of urea groups is 1. The third kappa shape index (κ3) is 2.68. The third-order valence-corrected chi connectivity index (χ3v) is 5.19. The molecule has 0 aromatic rings. The first kappa shape index (κ1) is 16.3. The van der Waals surface area contributed by atoms with E-state index >= 15 is 0 Å². The van der Waals surface area contributed by atoms with Crippen molar-refractivity contribution in [2.45, 2.75) is 58.5 Å². The van der Waals surface area contributed by atoms with Gasteiger partial charge in [-0.1, -0.05) is 20.8 Å². The van der Waals surface area contributed by atoms with Gasteiger partial charge in [0.1, 0.15) is 5.54 Å². The van der Waals surface area contributed by atoms with Crippen LogP contribution in [0.3, 0.4) is 0 Å². The fourth-order valence-corrected chi connectivity index (χ4v) is 3.51. The number of piperidine rings is 1. The van der Waals surface area contributed by atoms with E-state index in [4.69, 9.17) is 0 Å². The number of imide groups is 1. The van der Waals surface area contributed by atoms with Crippen molar-refractivity contribution < 1.29 is 9.59 Å². The Bertz CT molecular complexity index is 414. The SMILES string of the molecule is CC[C@@H](C)N1CCC2(CC1)C(=O)N(CC(C)C)C(=O)N2C. The summed E-state index contributed by atoms with van der Waals surface area (Å²) in [7, 11) is 1.79. The van der Waals surface area contributed by atoms with E-state index in [9.17, 15) is 9.59 Å². The Labute approximate surface area is 128 Å². The number of amides is 3. The van der Waals surface area contributed by atoms with Gasteiger partial charge in [0.2, 0.25) is 0 Å². The van der Waals surface area contributed by atoms with Crippen molar-refractivity contribution >= 4 is 11.9 Å². The molecule has 2 aliphatic heterocycles. The van der Waals surface area contributed by atoms with Crippen molar-refractivity contribution in [2.24, 2.45) is 5.92 Å². The molecule has 2 fully saturated rings. The molecule has 2 saturated heterocycles. The van der Waals surface area contributed by atoms with Crippen LogP contribution in [0.1, 0.15) is 47.0 Å². The highest BCUT2D eigenvalue weighted by molar-refractivity contribution is 6.07. The highest BCUT2D eigenvalue weighted by Gasteiger charge is 2.56. The van der Waals surface area contributed by atoms with Crippen molar-refractivity contribution in [2.75, 3.05) is 26.7 Å². The van der Waals surface area contributed by atoms with Gasteiger partial charge in [-0.05, 0) is 32.1 Å². The summed E-state index contributed by atoms with van der Waals surface area (Å²) in [6, 6.07) is 0.428. The van der Waals surface area contributed by atoms with E-state index in [2.05, 4.69) is 18.7 Å². The molecule has 3 amide bonds. The number of hydrogen-bond acceptors (Lipinski definition) is 3. The lowest BCUT2D eigenvalue weighted by Gasteiger charge is -2.42. The van der Waals surface area contributed by atoms with E-state index < -0.39 is 5.54 Å². The first-order chi connectivity index (χ1) is 9.83. The zero-order valence-electron chi connectivity index (χ0n) is 14.1. The maximum Gasteiger partial charge on any atom is 0.327 e. The van der Waals surface area contributed by atoms with Gasteiger partial charge in [0.05, 0.1) is 0 Å². The standard InChI is InChI=1S/C16H29N3O2/c1-6-13(4)18-9-7-16(8-10-18)14(20)19(11-12(2)3)15(21)17(16)5/h12-13H,6-11H2,1-5H3/t13-/m1/s1. The van der Waals surface area contributed by atoms with Gasteiger partial charge in [-0.15, -0.1) is 0 Å². The van der Waals surface area contributed by atoms with Crippen molar-refractivity contribution in [1.82, 2.24) is 14.7 Å². The summed E-state index contributed by atoms with van der Waals surface area (Å²) in [5.74, 6) is 0.328. The molecule has 2 heterocycles. The summed E-state index contributed by atoms with van der Waals surface area (Å²) in [4.78, 5) is 30.8. The van der Waals surface area contributed by atoms with Crippen LogP contribution in [-0.2, 0) is 4.79 Å². The van der Waals surface area contributed by atoms with E-state index in [0.29, 0.717) is 18.5 Å². The predicted molar refractivity (Wildman–Crippen MR) is 83.0 cm³/mol. The number of carbonyl (C=O) groups is 2. The topological polar surface area (TPSA) is 43.9 Å². The normalized spacial score (nSPS) is 24.5. The molecule has 0 saturated carbocycles. The maximum absolute atomic E-state index is 12.8. The van der Waals surface area contributed by atoms with Gasteiger partial charge in [-0.25, -0.2) is 4.79 Å².